The summed E-state index contributed by atoms with van der Waals surface area (Å²) >= 11 is 0. The van der Waals surface area contributed by atoms with Crippen LogP contribution in [0, 0.1) is 0 Å². The van der Waals surface area contributed by atoms with Gasteiger partial charge in [0.2, 0.25) is 6.29 Å². The molecular weight excluding hydrogens is 376 g/mol. The van der Waals surface area contributed by atoms with E-state index in [-0.39, 0.29) is 0 Å². The Morgan fingerprint density at radius 3 is 1.47 bits per heavy atom. The van der Waals surface area contributed by atoms with Crippen molar-refractivity contribution in [2.75, 3.05) is 0 Å². The molecular formula is C26H24O4. The van der Waals surface area contributed by atoms with Gasteiger partial charge >= 0.3 is 5.97 Å². The molecule has 0 saturated heterocycles. The van der Waals surface area contributed by atoms with Gasteiger partial charge in [-0.25, -0.2) is 4.79 Å². The van der Waals surface area contributed by atoms with Crippen LogP contribution < -0.4 is 9.47 Å². The quantitative estimate of drug-likeness (QED) is 0.180. The average Bonchev–Trinajstić information content (AvgIpc) is 2.75. The van der Waals surface area contributed by atoms with Crippen LogP contribution in [0.25, 0.3) is 22.3 Å². The van der Waals surface area contributed by atoms with Crippen molar-refractivity contribution in [3.63, 3.8) is 0 Å². The summed E-state index contributed by atoms with van der Waals surface area (Å²) < 4.78 is 10.6. The number of aliphatic hydroxyl groups excluding tert-OH is 1. The zero-order valence-electron chi connectivity index (χ0n) is 17.1. The van der Waals surface area contributed by atoms with Gasteiger partial charge in [0.15, 0.2) is 0 Å². The van der Waals surface area contributed by atoms with E-state index in [1.165, 1.54) is 0 Å². The lowest BCUT2D eigenvalue weighted by Crippen LogP contribution is -2.15. The van der Waals surface area contributed by atoms with Gasteiger partial charge in [-0.15, -0.1) is 0 Å². The van der Waals surface area contributed by atoms with Crippen LogP contribution in [0.2, 0.25) is 0 Å². The normalized spacial score (nSPS) is 11.4. The lowest BCUT2D eigenvalue weighted by atomic mass is 10.0. The van der Waals surface area contributed by atoms with Crippen molar-refractivity contribution >= 4 is 5.97 Å². The standard InChI is InChI=1S/C26H24O4/c1-17(2)25(27)29-23-13-9-21(10-14-23)19-5-7-20(8-6-19)22-11-15-24(16-12-22)30-26(28)18(3)4/h5-16,25,27H,1,3H2,2,4H3. The van der Waals surface area contributed by atoms with E-state index in [2.05, 4.69) is 13.2 Å². The van der Waals surface area contributed by atoms with Crippen LogP contribution in [0.15, 0.2) is 97.1 Å². The Hall–Kier alpha value is -3.63. The third kappa shape index (κ3) is 5.25. The molecule has 0 heterocycles. The minimum absolute atomic E-state index is 0.362. The molecule has 3 rings (SSSR count). The van der Waals surface area contributed by atoms with Gasteiger partial charge in [-0.2, -0.15) is 0 Å². The number of ether oxygens (including phenoxy) is 2. The predicted molar refractivity (Wildman–Crippen MR) is 119 cm³/mol. The van der Waals surface area contributed by atoms with Gasteiger partial charge in [-0.1, -0.05) is 61.7 Å². The molecule has 0 amide bonds. The number of hydrogen-bond donors (Lipinski definition) is 1. The van der Waals surface area contributed by atoms with Crippen LogP contribution >= 0.6 is 0 Å². The van der Waals surface area contributed by atoms with Crippen molar-refractivity contribution in [1.82, 2.24) is 0 Å². The lowest BCUT2D eigenvalue weighted by molar-refractivity contribution is -0.130. The smallest absolute Gasteiger partial charge is 0.338 e. The Bertz CT molecular complexity index is 1050. The second-order valence-corrected chi connectivity index (χ2v) is 7.11. The number of carbonyl (C=O) groups is 1. The fourth-order valence-electron chi connectivity index (χ4n) is 2.72. The Morgan fingerprint density at radius 2 is 1.10 bits per heavy atom. The molecule has 1 unspecified atom stereocenters. The van der Waals surface area contributed by atoms with E-state index < -0.39 is 12.3 Å². The summed E-state index contributed by atoms with van der Waals surface area (Å²) in [4.78, 5) is 11.6. The number of carbonyl (C=O) groups excluding carboxylic acids is 1. The maximum atomic E-state index is 11.6. The Labute approximate surface area is 176 Å². The molecule has 1 atom stereocenters. The first kappa shape index (κ1) is 21.1. The monoisotopic (exact) mass is 400 g/mol. The topological polar surface area (TPSA) is 55.8 Å². The van der Waals surface area contributed by atoms with Crippen LogP contribution in [0.3, 0.4) is 0 Å². The number of rotatable bonds is 7. The Balaban J connectivity index is 1.69. The molecule has 0 fully saturated rings. The first-order chi connectivity index (χ1) is 14.3. The van der Waals surface area contributed by atoms with Crippen LogP contribution in [-0.4, -0.2) is 17.4 Å². The molecule has 0 radical (unpaired) electrons. The molecule has 0 aliphatic heterocycles. The molecule has 3 aromatic carbocycles. The maximum absolute atomic E-state index is 11.6. The lowest BCUT2D eigenvalue weighted by Gasteiger charge is -2.13. The number of benzene rings is 3. The fraction of sp³-hybridized carbons (Fsp3) is 0.115. The molecule has 4 nitrogen and oxygen atoms in total. The van der Waals surface area contributed by atoms with E-state index >= 15 is 0 Å². The van der Waals surface area contributed by atoms with E-state index in [0.29, 0.717) is 22.6 Å². The van der Waals surface area contributed by atoms with Gasteiger partial charge in [-0.3, -0.25) is 0 Å². The van der Waals surface area contributed by atoms with Gasteiger partial charge in [0.1, 0.15) is 11.5 Å². The maximum Gasteiger partial charge on any atom is 0.338 e. The van der Waals surface area contributed by atoms with E-state index in [0.717, 1.165) is 22.3 Å². The minimum Gasteiger partial charge on any atom is -0.461 e. The molecule has 0 saturated carbocycles. The van der Waals surface area contributed by atoms with Gasteiger partial charge in [-0.05, 0) is 65.9 Å². The molecule has 0 aliphatic rings. The molecule has 3 aromatic rings. The van der Waals surface area contributed by atoms with Crippen LogP contribution in [-0.2, 0) is 4.79 Å². The third-order valence-corrected chi connectivity index (χ3v) is 4.49. The summed E-state index contributed by atoms with van der Waals surface area (Å²) in [6, 6.07) is 23.1. The second-order valence-electron chi connectivity index (χ2n) is 7.11. The highest BCUT2D eigenvalue weighted by Crippen LogP contribution is 2.28. The van der Waals surface area contributed by atoms with Crippen LogP contribution in [0.4, 0.5) is 0 Å². The summed E-state index contributed by atoms with van der Waals surface area (Å²) in [5.74, 6) is 0.637. The highest BCUT2D eigenvalue weighted by molar-refractivity contribution is 5.88. The third-order valence-electron chi connectivity index (χ3n) is 4.49. The molecule has 0 spiro atoms. The van der Waals surface area contributed by atoms with Crippen LogP contribution in [0.5, 0.6) is 11.5 Å². The molecule has 30 heavy (non-hydrogen) atoms. The molecule has 1 N–H and O–H groups in total. The molecule has 152 valence electrons. The van der Waals surface area contributed by atoms with E-state index in [1.807, 2.05) is 60.7 Å². The molecule has 0 bridgehead atoms. The average molecular weight is 400 g/mol. The van der Waals surface area contributed by atoms with Crippen LogP contribution in [0.1, 0.15) is 13.8 Å². The number of hydrogen-bond acceptors (Lipinski definition) is 4. The number of esters is 1. The van der Waals surface area contributed by atoms with Gasteiger partial charge in [0.25, 0.3) is 0 Å². The Morgan fingerprint density at radius 1 is 0.733 bits per heavy atom. The summed E-state index contributed by atoms with van der Waals surface area (Å²) in [5.41, 5.74) is 5.10. The van der Waals surface area contributed by atoms with Crippen molar-refractivity contribution < 1.29 is 19.4 Å². The summed E-state index contributed by atoms with van der Waals surface area (Å²) in [5, 5.41) is 9.74. The fourth-order valence-corrected chi connectivity index (χ4v) is 2.72. The first-order valence-corrected chi connectivity index (χ1v) is 9.52. The summed E-state index contributed by atoms with van der Waals surface area (Å²) in [6.07, 6.45) is -1.01. The van der Waals surface area contributed by atoms with E-state index in [1.54, 1.807) is 26.0 Å². The first-order valence-electron chi connectivity index (χ1n) is 9.52. The second kappa shape index (κ2) is 9.25. The van der Waals surface area contributed by atoms with Crippen molar-refractivity contribution in [2.45, 2.75) is 20.1 Å². The van der Waals surface area contributed by atoms with Crippen molar-refractivity contribution in [2.24, 2.45) is 0 Å². The Kier molecular flexibility index (Phi) is 6.50. The largest absolute Gasteiger partial charge is 0.461 e. The molecule has 4 heteroatoms. The van der Waals surface area contributed by atoms with Gasteiger partial charge in [0, 0.05) is 5.57 Å². The SMILES string of the molecule is C=C(C)C(=O)Oc1ccc(-c2ccc(-c3ccc(OC(O)C(=C)C)cc3)cc2)cc1. The molecule has 0 aromatic heterocycles. The highest BCUT2D eigenvalue weighted by atomic mass is 16.6. The van der Waals surface area contributed by atoms with Gasteiger partial charge in [0.05, 0.1) is 0 Å². The zero-order chi connectivity index (χ0) is 21.7. The highest BCUT2D eigenvalue weighted by Gasteiger charge is 2.08. The predicted octanol–water partition coefficient (Wildman–Crippen LogP) is 5.78. The van der Waals surface area contributed by atoms with Gasteiger partial charge < -0.3 is 14.6 Å². The van der Waals surface area contributed by atoms with Crippen molar-refractivity contribution in [3.8, 4) is 33.8 Å². The van der Waals surface area contributed by atoms with E-state index in [4.69, 9.17) is 9.47 Å². The van der Waals surface area contributed by atoms with E-state index in [9.17, 15) is 9.90 Å². The summed E-state index contributed by atoms with van der Waals surface area (Å²) in [6.45, 7) is 10.6. The van der Waals surface area contributed by atoms with Crippen molar-refractivity contribution in [3.05, 3.63) is 97.1 Å². The zero-order valence-corrected chi connectivity index (χ0v) is 17.1. The number of aliphatic hydroxyl groups is 1. The van der Waals surface area contributed by atoms with Crippen molar-refractivity contribution in [1.29, 1.82) is 0 Å². The minimum atomic E-state index is -1.01. The summed E-state index contributed by atoms with van der Waals surface area (Å²) in [7, 11) is 0. The molecule has 0 aliphatic carbocycles.